The average molecular weight is 457 g/mol. The topological polar surface area (TPSA) is 101 Å². The smallest absolute Gasteiger partial charge is 0.263 e. The second kappa shape index (κ2) is 8.00. The number of hydrogen-bond donors (Lipinski definition) is 1. The first kappa shape index (κ1) is 20.6. The molecule has 0 unspecified atom stereocenters. The summed E-state index contributed by atoms with van der Waals surface area (Å²) in [4.78, 5) is 9.15. The van der Waals surface area contributed by atoms with E-state index < -0.39 is 15.8 Å². The van der Waals surface area contributed by atoms with Gasteiger partial charge in [0.2, 0.25) is 0 Å². The van der Waals surface area contributed by atoms with Crippen LogP contribution in [0.5, 0.6) is 0 Å². The molecule has 2 heterocycles. The lowest BCUT2D eigenvalue weighted by molar-refractivity contribution is 0.599. The molecule has 0 aliphatic heterocycles. The summed E-state index contributed by atoms with van der Waals surface area (Å²) in [7, 11) is -4.12. The van der Waals surface area contributed by atoms with Gasteiger partial charge in [0.25, 0.3) is 10.0 Å². The van der Waals surface area contributed by atoms with Crippen molar-refractivity contribution in [3.05, 3.63) is 95.8 Å². The highest BCUT2D eigenvalue weighted by molar-refractivity contribution is 7.92. The number of rotatable bonds is 5. The monoisotopic (exact) mass is 457 g/mol. The van der Waals surface area contributed by atoms with Crippen LogP contribution in [0, 0.1) is 17.1 Å². The molecule has 9 heteroatoms. The normalized spacial score (nSPS) is 11.5. The second-order valence-corrected chi connectivity index (χ2v) is 9.03. The van der Waals surface area contributed by atoms with Gasteiger partial charge in [-0.05, 0) is 42.0 Å². The van der Waals surface area contributed by atoms with Crippen LogP contribution < -0.4 is 4.72 Å². The van der Waals surface area contributed by atoms with E-state index in [-0.39, 0.29) is 22.8 Å². The largest absolute Gasteiger partial charge is 0.305 e. The molecular formula is C24H16FN5O2S. The van der Waals surface area contributed by atoms with Crippen LogP contribution in [0.2, 0.25) is 0 Å². The van der Waals surface area contributed by atoms with E-state index in [1.54, 1.807) is 16.7 Å². The first-order chi connectivity index (χ1) is 16.0. The lowest BCUT2D eigenvalue weighted by Gasteiger charge is -2.13. The fourth-order valence-electron chi connectivity index (χ4n) is 3.63. The summed E-state index contributed by atoms with van der Waals surface area (Å²) in [6.45, 7) is 0.257. The highest BCUT2D eigenvalue weighted by Crippen LogP contribution is 2.31. The zero-order chi connectivity index (χ0) is 23.0. The Kier molecular flexibility index (Phi) is 4.99. The molecule has 0 spiro atoms. The van der Waals surface area contributed by atoms with E-state index in [2.05, 4.69) is 20.8 Å². The van der Waals surface area contributed by atoms with Crippen molar-refractivity contribution in [2.24, 2.45) is 0 Å². The molecule has 162 valence electrons. The Labute approximate surface area is 188 Å². The van der Waals surface area contributed by atoms with Crippen LogP contribution in [0.4, 0.5) is 10.2 Å². The molecule has 0 fully saturated rings. The predicted molar refractivity (Wildman–Crippen MR) is 123 cm³/mol. The Balaban J connectivity index is 1.75. The lowest BCUT2D eigenvalue weighted by atomic mass is 10.2. The van der Waals surface area contributed by atoms with Crippen LogP contribution in [0.25, 0.3) is 22.2 Å². The van der Waals surface area contributed by atoms with E-state index in [1.807, 2.05) is 42.5 Å². The van der Waals surface area contributed by atoms with Crippen molar-refractivity contribution in [1.82, 2.24) is 14.5 Å². The van der Waals surface area contributed by atoms with E-state index in [4.69, 9.17) is 0 Å². The van der Waals surface area contributed by atoms with Gasteiger partial charge in [0.15, 0.2) is 5.65 Å². The van der Waals surface area contributed by atoms with Crippen LogP contribution >= 0.6 is 0 Å². The number of aromatic nitrogens is 3. The van der Waals surface area contributed by atoms with Crippen molar-refractivity contribution in [2.45, 2.75) is 11.4 Å². The number of para-hydroxylation sites is 2. The Morgan fingerprint density at radius 1 is 0.909 bits per heavy atom. The maximum absolute atomic E-state index is 13.3. The van der Waals surface area contributed by atoms with Crippen molar-refractivity contribution in [2.75, 3.05) is 4.72 Å². The molecule has 3 aromatic carbocycles. The molecule has 33 heavy (non-hydrogen) atoms. The van der Waals surface area contributed by atoms with Gasteiger partial charge in [-0.25, -0.2) is 22.8 Å². The number of nitriles is 1. The number of sulfonamides is 1. The highest BCUT2D eigenvalue weighted by atomic mass is 32.2. The molecule has 5 rings (SSSR count). The summed E-state index contributed by atoms with van der Waals surface area (Å²) >= 11 is 0. The van der Waals surface area contributed by atoms with Crippen LogP contribution in [0.1, 0.15) is 11.1 Å². The maximum Gasteiger partial charge on any atom is 0.263 e. The SMILES string of the molecule is N#Cc1c(NS(=O)(=O)c2ccc(F)cc2)n(Cc2ccccc2)c2nc3ccccc3nc12. The van der Waals surface area contributed by atoms with Crippen molar-refractivity contribution < 1.29 is 12.8 Å². The zero-order valence-electron chi connectivity index (χ0n) is 17.1. The molecule has 0 amide bonds. The summed E-state index contributed by atoms with van der Waals surface area (Å²) in [5.74, 6) is -0.499. The molecule has 0 bridgehead atoms. The summed E-state index contributed by atoms with van der Waals surface area (Å²) < 4.78 is 43.7. The van der Waals surface area contributed by atoms with Crippen LogP contribution in [0.15, 0.2) is 83.8 Å². The molecular weight excluding hydrogens is 441 g/mol. The zero-order valence-corrected chi connectivity index (χ0v) is 17.9. The Morgan fingerprint density at radius 2 is 1.55 bits per heavy atom. The first-order valence-electron chi connectivity index (χ1n) is 9.97. The molecule has 0 aliphatic rings. The Bertz CT molecular complexity index is 1640. The third-order valence-corrected chi connectivity index (χ3v) is 6.56. The van der Waals surface area contributed by atoms with Gasteiger partial charge in [-0.2, -0.15) is 5.26 Å². The van der Waals surface area contributed by atoms with E-state index >= 15 is 0 Å². The first-order valence-corrected chi connectivity index (χ1v) is 11.5. The molecule has 0 aliphatic carbocycles. The fourth-order valence-corrected chi connectivity index (χ4v) is 4.71. The average Bonchev–Trinajstić information content (AvgIpc) is 3.09. The van der Waals surface area contributed by atoms with Gasteiger partial charge in [-0.15, -0.1) is 0 Å². The minimum absolute atomic E-state index is 0.0518. The number of hydrogen-bond acceptors (Lipinski definition) is 5. The number of nitrogens with one attached hydrogen (secondary N) is 1. The van der Waals surface area contributed by atoms with Gasteiger partial charge in [-0.1, -0.05) is 42.5 Å². The van der Waals surface area contributed by atoms with E-state index in [1.165, 1.54) is 12.1 Å². The molecule has 7 nitrogen and oxygen atoms in total. The number of anilines is 1. The fraction of sp³-hybridized carbons (Fsp3) is 0.0417. The van der Waals surface area contributed by atoms with Gasteiger partial charge in [0.1, 0.15) is 28.8 Å². The quantitative estimate of drug-likeness (QED) is 0.420. The molecule has 0 saturated heterocycles. The minimum Gasteiger partial charge on any atom is -0.305 e. The molecule has 5 aromatic rings. The Hall–Kier alpha value is -4.29. The molecule has 2 aromatic heterocycles. The summed E-state index contributed by atoms with van der Waals surface area (Å²) in [5, 5.41) is 9.96. The van der Waals surface area contributed by atoms with Crippen LogP contribution in [0.3, 0.4) is 0 Å². The number of nitrogens with zero attached hydrogens (tertiary/aromatic N) is 4. The third-order valence-electron chi connectivity index (χ3n) is 5.20. The molecule has 1 N–H and O–H groups in total. The summed E-state index contributed by atoms with van der Waals surface area (Å²) in [6.07, 6.45) is 0. The van der Waals surface area contributed by atoms with Crippen LogP contribution in [-0.2, 0) is 16.6 Å². The third kappa shape index (κ3) is 3.77. The van der Waals surface area contributed by atoms with Gasteiger partial charge < -0.3 is 4.57 Å². The van der Waals surface area contributed by atoms with Gasteiger partial charge in [0, 0.05) is 0 Å². The predicted octanol–water partition coefficient (Wildman–Crippen LogP) is 4.44. The summed E-state index contributed by atoms with van der Waals surface area (Å²) in [5.41, 5.74) is 2.83. The van der Waals surface area contributed by atoms with E-state index in [9.17, 15) is 18.1 Å². The standard InChI is InChI=1S/C24H16FN5O2S/c25-17-10-12-18(13-11-17)33(31,32)29-23-19(14-26)22-24(28-21-9-5-4-8-20(21)27-22)30(23)15-16-6-2-1-3-7-16/h1-13,29H,15H2. The minimum atomic E-state index is -4.12. The highest BCUT2D eigenvalue weighted by Gasteiger charge is 2.25. The van der Waals surface area contributed by atoms with Crippen molar-refractivity contribution in [3.8, 4) is 6.07 Å². The number of benzene rings is 3. The van der Waals surface area contributed by atoms with Gasteiger partial charge in [-0.3, -0.25) is 4.72 Å². The lowest BCUT2D eigenvalue weighted by Crippen LogP contribution is -2.17. The molecule has 0 atom stereocenters. The Morgan fingerprint density at radius 3 is 2.21 bits per heavy atom. The van der Waals surface area contributed by atoms with Crippen molar-refractivity contribution in [1.29, 1.82) is 5.26 Å². The van der Waals surface area contributed by atoms with Crippen LogP contribution in [-0.4, -0.2) is 23.0 Å². The van der Waals surface area contributed by atoms with Gasteiger partial charge >= 0.3 is 0 Å². The number of halogens is 1. The second-order valence-electron chi connectivity index (χ2n) is 7.35. The van der Waals surface area contributed by atoms with Crippen molar-refractivity contribution in [3.63, 3.8) is 0 Å². The van der Waals surface area contributed by atoms with Gasteiger partial charge in [0.05, 0.1) is 22.5 Å². The number of fused-ring (bicyclic) bond motifs is 2. The molecule has 0 saturated carbocycles. The maximum atomic E-state index is 13.3. The summed E-state index contributed by atoms with van der Waals surface area (Å²) in [6, 6.07) is 23.2. The molecule has 0 radical (unpaired) electrons. The van der Waals surface area contributed by atoms with E-state index in [0.717, 1.165) is 17.7 Å². The van der Waals surface area contributed by atoms with Crippen molar-refractivity contribution >= 4 is 38.0 Å². The van der Waals surface area contributed by atoms with E-state index in [0.29, 0.717) is 22.2 Å².